The van der Waals surface area contributed by atoms with E-state index in [1.807, 2.05) is 6.92 Å². The van der Waals surface area contributed by atoms with Crippen molar-refractivity contribution in [3.05, 3.63) is 0 Å². The van der Waals surface area contributed by atoms with E-state index in [4.69, 9.17) is 11.5 Å². The lowest BCUT2D eigenvalue weighted by molar-refractivity contribution is -0.133. The van der Waals surface area contributed by atoms with Gasteiger partial charge in [0, 0.05) is 6.04 Å². The first-order valence-corrected chi connectivity index (χ1v) is 5.04. The zero-order valence-corrected chi connectivity index (χ0v) is 9.06. The van der Waals surface area contributed by atoms with Crippen LogP contribution in [0.5, 0.6) is 0 Å². The summed E-state index contributed by atoms with van der Waals surface area (Å²) < 4.78 is 0. The molecular formula is C9H15N5O2. The number of hydrogen-bond donors (Lipinski definition) is 3. The Morgan fingerprint density at radius 2 is 2.19 bits per heavy atom. The first-order valence-electron chi connectivity index (χ1n) is 5.04. The number of guanidine groups is 1. The molecule has 0 radical (unpaired) electrons. The fourth-order valence-corrected chi connectivity index (χ4v) is 1.24. The van der Waals surface area contributed by atoms with Crippen LogP contribution in [0.3, 0.4) is 0 Å². The number of nitrogens with one attached hydrogen (secondary N) is 1. The molecule has 0 bridgehead atoms. The van der Waals surface area contributed by atoms with Gasteiger partial charge in [0.2, 0.25) is 11.8 Å². The van der Waals surface area contributed by atoms with Gasteiger partial charge in [-0.05, 0) is 6.42 Å². The van der Waals surface area contributed by atoms with Gasteiger partial charge >= 0.3 is 5.91 Å². The smallest absolute Gasteiger partial charge is 0.302 e. The molecule has 0 fully saturated rings. The summed E-state index contributed by atoms with van der Waals surface area (Å²) in [6.07, 6.45) is 1.74. The Labute approximate surface area is 93.0 Å². The topological polar surface area (TPSA) is 123 Å². The lowest BCUT2D eigenvalue weighted by atomic mass is 10.2. The number of amidine groups is 1. The number of nitrogens with zero attached hydrogens (tertiary/aromatic N) is 2. The minimum Gasteiger partial charge on any atom is -0.369 e. The Balaban J connectivity index is 2.71. The minimum atomic E-state index is -0.810. The van der Waals surface area contributed by atoms with Crippen molar-refractivity contribution < 1.29 is 9.59 Å². The maximum Gasteiger partial charge on any atom is 0.302 e. The highest BCUT2D eigenvalue weighted by molar-refractivity contribution is 6.67. The fourth-order valence-electron chi connectivity index (χ4n) is 1.24. The second kappa shape index (κ2) is 5.36. The third-order valence-electron chi connectivity index (χ3n) is 2.01. The van der Waals surface area contributed by atoms with Crippen LogP contribution >= 0.6 is 0 Å². The van der Waals surface area contributed by atoms with Crippen molar-refractivity contribution in [1.82, 2.24) is 5.32 Å². The summed E-state index contributed by atoms with van der Waals surface area (Å²) in [6, 6.07) is -0.133. The fraction of sp³-hybridized carbons (Fsp3) is 0.556. The van der Waals surface area contributed by atoms with E-state index in [1.54, 1.807) is 0 Å². The number of Topliss-reactive ketones (excluding diaryl/α,β-unsaturated/α-hetero) is 1. The normalized spacial score (nSPS) is 20.6. The molecule has 88 valence electrons. The van der Waals surface area contributed by atoms with Crippen LogP contribution in [-0.2, 0) is 9.59 Å². The second-order valence-electron chi connectivity index (χ2n) is 3.49. The molecule has 0 saturated heterocycles. The molecule has 0 aliphatic carbocycles. The first kappa shape index (κ1) is 12.3. The number of carbonyl (C=O) groups excluding carboxylic acids is 2. The van der Waals surface area contributed by atoms with Gasteiger partial charge in [-0.2, -0.15) is 4.99 Å². The molecule has 0 spiro atoms. The van der Waals surface area contributed by atoms with E-state index in [1.165, 1.54) is 0 Å². The molecule has 0 unspecified atom stereocenters. The largest absolute Gasteiger partial charge is 0.369 e. The van der Waals surface area contributed by atoms with Gasteiger partial charge in [0.1, 0.15) is 0 Å². The third kappa shape index (κ3) is 3.13. The molecule has 7 nitrogen and oxygen atoms in total. The highest BCUT2D eigenvalue weighted by Crippen LogP contribution is 1.97. The van der Waals surface area contributed by atoms with E-state index in [9.17, 15) is 9.59 Å². The molecule has 1 aliphatic rings. The number of aliphatic imine (C=N–C) groups is 2. The van der Waals surface area contributed by atoms with Crippen LogP contribution in [0, 0.1) is 0 Å². The van der Waals surface area contributed by atoms with Crippen LogP contribution in [0.15, 0.2) is 9.98 Å². The van der Waals surface area contributed by atoms with Crippen molar-refractivity contribution in [2.75, 3.05) is 6.54 Å². The second-order valence-corrected chi connectivity index (χ2v) is 3.49. The Morgan fingerprint density at radius 3 is 2.81 bits per heavy atom. The number of nitrogens with two attached hydrogens (primary N) is 2. The first-order chi connectivity index (χ1) is 7.54. The Kier molecular flexibility index (Phi) is 4.12. The molecule has 0 aromatic carbocycles. The van der Waals surface area contributed by atoms with Crippen LogP contribution in [0.4, 0.5) is 0 Å². The van der Waals surface area contributed by atoms with Crippen molar-refractivity contribution in [2.24, 2.45) is 21.5 Å². The maximum absolute atomic E-state index is 11.3. The van der Waals surface area contributed by atoms with Crippen LogP contribution in [0.25, 0.3) is 0 Å². The molecule has 5 N–H and O–H groups in total. The van der Waals surface area contributed by atoms with E-state index in [0.29, 0.717) is 0 Å². The summed E-state index contributed by atoms with van der Waals surface area (Å²) in [7, 11) is 0. The van der Waals surface area contributed by atoms with Crippen LogP contribution in [-0.4, -0.2) is 36.1 Å². The average molecular weight is 225 g/mol. The Morgan fingerprint density at radius 1 is 1.50 bits per heavy atom. The lowest BCUT2D eigenvalue weighted by Crippen LogP contribution is -2.48. The number of rotatable bonds is 4. The van der Waals surface area contributed by atoms with E-state index >= 15 is 0 Å². The van der Waals surface area contributed by atoms with Gasteiger partial charge in [0.25, 0.3) is 5.78 Å². The molecule has 0 aromatic rings. The highest BCUT2D eigenvalue weighted by Gasteiger charge is 2.26. The summed E-state index contributed by atoms with van der Waals surface area (Å²) in [6.45, 7) is 2.27. The Hall–Kier alpha value is -1.76. The molecule has 1 atom stereocenters. The average Bonchev–Trinajstić information content (AvgIpc) is 2.21. The molecule has 0 saturated carbocycles. The summed E-state index contributed by atoms with van der Waals surface area (Å²) >= 11 is 0. The zero-order chi connectivity index (χ0) is 12.1. The molecule has 16 heavy (non-hydrogen) atoms. The maximum atomic E-state index is 11.3. The molecule has 1 aliphatic heterocycles. The van der Waals surface area contributed by atoms with Gasteiger partial charge in [-0.15, -0.1) is 0 Å². The standard InChI is InChI=1S/C9H15N5O2/c1-2-3-5(10)4-12-7-6(15)8(16)14-9(11)13-7/h5H,2-4,10H2,1H3,(H3,11,12,13,14,16)/t5-/m0/s1. The molecule has 1 rings (SSSR count). The summed E-state index contributed by atoms with van der Waals surface area (Å²) in [4.78, 5) is 29.9. The van der Waals surface area contributed by atoms with Crippen molar-refractivity contribution in [3.63, 3.8) is 0 Å². The third-order valence-corrected chi connectivity index (χ3v) is 2.01. The lowest BCUT2D eigenvalue weighted by Gasteiger charge is -2.11. The predicted molar refractivity (Wildman–Crippen MR) is 60.0 cm³/mol. The summed E-state index contributed by atoms with van der Waals surface area (Å²) in [5, 5.41) is 2.10. The van der Waals surface area contributed by atoms with Crippen LogP contribution < -0.4 is 16.8 Å². The monoisotopic (exact) mass is 225 g/mol. The van der Waals surface area contributed by atoms with E-state index in [2.05, 4.69) is 15.3 Å². The molecular weight excluding hydrogens is 210 g/mol. The van der Waals surface area contributed by atoms with Crippen molar-refractivity contribution >= 4 is 23.5 Å². The summed E-state index contributed by atoms with van der Waals surface area (Å²) in [5.41, 5.74) is 11.0. The minimum absolute atomic E-state index is 0.118. The van der Waals surface area contributed by atoms with Gasteiger partial charge in [0.05, 0.1) is 6.54 Å². The zero-order valence-electron chi connectivity index (χ0n) is 9.06. The van der Waals surface area contributed by atoms with Gasteiger partial charge in [-0.1, -0.05) is 13.3 Å². The highest BCUT2D eigenvalue weighted by atomic mass is 16.2. The number of ketones is 1. The number of amides is 1. The van der Waals surface area contributed by atoms with E-state index in [-0.39, 0.29) is 24.4 Å². The Bertz CT molecular complexity index is 361. The van der Waals surface area contributed by atoms with Crippen molar-refractivity contribution in [2.45, 2.75) is 25.8 Å². The van der Waals surface area contributed by atoms with Gasteiger partial charge in [0.15, 0.2) is 0 Å². The SMILES string of the molecule is CCC[C@H](N)CN=C1N=C(N)NC(=O)C1=O. The van der Waals surface area contributed by atoms with E-state index < -0.39 is 11.7 Å². The predicted octanol–water partition coefficient (Wildman–Crippen LogP) is -1.47. The number of carbonyl (C=O) groups is 2. The van der Waals surface area contributed by atoms with Crippen molar-refractivity contribution in [1.29, 1.82) is 0 Å². The van der Waals surface area contributed by atoms with Gasteiger partial charge in [-0.25, -0.2) is 0 Å². The molecule has 1 amide bonds. The molecule has 7 heteroatoms. The van der Waals surface area contributed by atoms with Crippen molar-refractivity contribution in [3.8, 4) is 0 Å². The molecule has 0 aromatic heterocycles. The number of hydrogen-bond acceptors (Lipinski definition) is 5. The quantitative estimate of drug-likeness (QED) is 0.505. The van der Waals surface area contributed by atoms with Crippen LogP contribution in [0.1, 0.15) is 19.8 Å². The van der Waals surface area contributed by atoms with Crippen LogP contribution in [0.2, 0.25) is 0 Å². The van der Waals surface area contributed by atoms with Gasteiger partial charge < -0.3 is 11.5 Å². The van der Waals surface area contributed by atoms with E-state index in [0.717, 1.165) is 12.8 Å². The summed E-state index contributed by atoms with van der Waals surface area (Å²) in [5.74, 6) is -1.88. The molecule has 1 heterocycles. The van der Waals surface area contributed by atoms with Gasteiger partial charge in [-0.3, -0.25) is 19.9 Å².